The van der Waals surface area contributed by atoms with Gasteiger partial charge >= 0.3 is 12.1 Å². The van der Waals surface area contributed by atoms with Crippen LogP contribution in [0.5, 0.6) is 5.75 Å². The van der Waals surface area contributed by atoms with Crippen LogP contribution in [0.2, 0.25) is 0 Å². The fourth-order valence-electron chi connectivity index (χ4n) is 7.51. The average molecular weight is 532 g/mol. The zero-order valence-corrected chi connectivity index (χ0v) is 22.5. The van der Waals surface area contributed by atoms with Gasteiger partial charge < -0.3 is 9.84 Å². The van der Waals surface area contributed by atoms with Crippen molar-refractivity contribution in [1.29, 1.82) is 0 Å². The molecule has 2 saturated heterocycles. The van der Waals surface area contributed by atoms with Gasteiger partial charge in [0.15, 0.2) is 0 Å². The highest BCUT2D eigenvalue weighted by molar-refractivity contribution is 5.89. The minimum Gasteiger partial charge on any atom is -0.490 e. The molecule has 1 saturated carbocycles. The van der Waals surface area contributed by atoms with E-state index in [9.17, 15) is 23.1 Å². The molecule has 5 rings (SSSR count). The van der Waals surface area contributed by atoms with Gasteiger partial charge in [-0.15, -0.1) is 0 Å². The number of nitrogens with zero attached hydrogens (tertiary/aromatic N) is 1. The van der Waals surface area contributed by atoms with Gasteiger partial charge in [0, 0.05) is 18.1 Å². The first-order valence-electron chi connectivity index (χ1n) is 14.5. The minimum absolute atomic E-state index is 0.0588. The average Bonchev–Trinajstić information content (AvgIpc) is 2.88. The van der Waals surface area contributed by atoms with E-state index in [1.807, 2.05) is 12.1 Å². The molecule has 2 aliphatic heterocycles. The lowest BCUT2D eigenvalue weighted by molar-refractivity contribution is -0.147. The van der Waals surface area contributed by atoms with Gasteiger partial charge in [-0.1, -0.05) is 44.9 Å². The molecule has 2 bridgehead atoms. The Hall–Kier alpha value is -2.28. The molecule has 1 N–H and O–H groups in total. The summed E-state index contributed by atoms with van der Waals surface area (Å²) < 4.78 is 49.2. The number of carbonyl (C=O) groups is 1. The highest BCUT2D eigenvalue weighted by atomic mass is 19.4. The maximum absolute atomic E-state index is 14.4. The van der Waals surface area contributed by atoms with E-state index in [1.165, 1.54) is 6.07 Å². The van der Waals surface area contributed by atoms with Crippen LogP contribution in [0.15, 0.2) is 30.3 Å². The van der Waals surface area contributed by atoms with Crippen LogP contribution in [0.25, 0.3) is 10.8 Å². The van der Waals surface area contributed by atoms with Crippen LogP contribution in [0.1, 0.15) is 102 Å². The van der Waals surface area contributed by atoms with Crippen molar-refractivity contribution in [1.82, 2.24) is 4.90 Å². The maximum atomic E-state index is 14.4. The Morgan fingerprint density at radius 2 is 1.71 bits per heavy atom. The molecular weight excluding hydrogens is 491 g/mol. The van der Waals surface area contributed by atoms with Gasteiger partial charge in [0.25, 0.3) is 0 Å². The third-order valence-electron chi connectivity index (χ3n) is 9.47. The van der Waals surface area contributed by atoms with Crippen molar-refractivity contribution < 1.29 is 27.8 Å². The van der Waals surface area contributed by atoms with E-state index in [1.54, 1.807) is 12.1 Å². The molecule has 2 unspecified atom stereocenters. The third kappa shape index (κ3) is 5.41. The van der Waals surface area contributed by atoms with Gasteiger partial charge in [-0.3, -0.25) is 9.69 Å². The molecule has 2 heterocycles. The molecule has 0 radical (unpaired) electrons. The predicted octanol–water partition coefficient (Wildman–Crippen LogP) is 8.38. The second kappa shape index (κ2) is 11.1. The van der Waals surface area contributed by atoms with Gasteiger partial charge in [-0.25, -0.2) is 0 Å². The normalized spacial score (nSPS) is 29.2. The molecule has 3 aliphatic rings. The Morgan fingerprint density at radius 1 is 1.03 bits per heavy atom. The predicted molar refractivity (Wildman–Crippen MR) is 142 cm³/mol. The number of halogens is 3. The zero-order chi connectivity index (χ0) is 27.0. The number of carboxylic acid groups (broad SMARTS) is 1. The smallest absolute Gasteiger partial charge is 0.420 e. The van der Waals surface area contributed by atoms with Gasteiger partial charge in [0.05, 0.1) is 12.0 Å². The summed E-state index contributed by atoms with van der Waals surface area (Å²) in [5, 5.41) is 10.4. The number of rotatable bonds is 7. The van der Waals surface area contributed by atoms with Gasteiger partial charge in [0.1, 0.15) is 11.3 Å². The van der Waals surface area contributed by atoms with E-state index in [2.05, 4.69) is 18.7 Å². The Labute approximate surface area is 223 Å². The van der Waals surface area contributed by atoms with E-state index < -0.39 is 17.7 Å². The molecular formula is C31H40F3NO3. The summed E-state index contributed by atoms with van der Waals surface area (Å²) >= 11 is 0. The van der Waals surface area contributed by atoms with Crippen molar-refractivity contribution in [2.45, 2.75) is 115 Å². The number of benzene rings is 2. The first-order valence-corrected chi connectivity index (χ1v) is 14.5. The molecule has 1 aliphatic carbocycles. The summed E-state index contributed by atoms with van der Waals surface area (Å²) in [6, 6.07) is 9.12. The quantitative estimate of drug-likeness (QED) is 0.390. The molecule has 0 amide bonds. The van der Waals surface area contributed by atoms with Gasteiger partial charge in [-0.2, -0.15) is 13.2 Å². The van der Waals surface area contributed by atoms with Crippen LogP contribution >= 0.6 is 0 Å². The second-order valence-corrected chi connectivity index (χ2v) is 11.7. The number of carboxylic acids is 1. The van der Waals surface area contributed by atoms with E-state index >= 15 is 0 Å². The number of ether oxygens (including phenoxy) is 1. The SMILES string of the molecule is CC[C@@H](c1ccc2c(C(F)(F)F)c(O[C@H]3CC[C@H](CC)CC3)ccc2c1)N1C2CCCC1CC(C(=O)O)C2. The first kappa shape index (κ1) is 27.3. The summed E-state index contributed by atoms with van der Waals surface area (Å²) in [6.45, 7) is 4.28. The monoisotopic (exact) mass is 531 g/mol. The van der Waals surface area contributed by atoms with Crippen LogP contribution in [-0.2, 0) is 11.0 Å². The highest BCUT2D eigenvalue weighted by Gasteiger charge is 2.44. The Kier molecular flexibility index (Phi) is 7.95. The minimum atomic E-state index is -4.52. The van der Waals surface area contributed by atoms with Crippen molar-refractivity contribution >= 4 is 16.7 Å². The summed E-state index contributed by atoms with van der Waals surface area (Å²) in [4.78, 5) is 14.2. The molecule has 208 valence electrons. The van der Waals surface area contributed by atoms with Crippen LogP contribution in [0.4, 0.5) is 13.2 Å². The second-order valence-electron chi connectivity index (χ2n) is 11.7. The van der Waals surface area contributed by atoms with Crippen LogP contribution < -0.4 is 4.74 Å². The molecule has 4 nitrogen and oxygen atoms in total. The van der Waals surface area contributed by atoms with Crippen molar-refractivity contribution in [3.05, 3.63) is 41.5 Å². The largest absolute Gasteiger partial charge is 0.490 e. The number of aliphatic carboxylic acids is 1. The Morgan fingerprint density at radius 3 is 2.29 bits per heavy atom. The molecule has 3 atom stereocenters. The van der Waals surface area contributed by atoms with Crippen LogP contribution in [0, 0.1) is 11.8 Å². The molecule has 0 spiro atoms. The fourth-order valence-corrected chi connectivity index (χ4v) is 7.51. The number of alkyl halides is 3. The lowest BCUT2D eigenvalue weighted by Gasteiger charge is -2.51. The maximum Gasteiger partial charge on any atom is 0.420 e. The van der Waals surface area contributed by atoms with Crippen molar-refractivity contribution in [3.63, 3.8) is 0 Å². The van der Waals surface area contributed by atoms with Crippen LogP contribution in [-0.4, -0.2) is 34.2 Å². The third-order valence-corrected chi connectivity index (χ3v) is 9.47. The van der Waals surface area contributed by atoms with E-state index in [0.717, 1.165) is 63.4 Å². The first-order chi connectivity index (χ1) is 18.2. The standard InChI is InChI=1S/C31H40F3NO3/c1-3-19-8-12-25(13-9-19)38-28-15-11-20-16-21(10-14-26(20)29(28)31(32,33)34)27(4-2)35-23-6-5-7-24(35)18-22(17-23)30(36)37/h10-11,14-16,19,22-25,27H,3-9,12-13,17-18H2,1-2H3,(H,36,37)/t19-,22?,23?,24?,25-,27-/m0/s1. The number of fused-ring (bicyclic) bond motifs is 3. The summed E-state index contributed by atoms with van der Waals surface area (Å²) in [7, 11) is 0. The molecule has 0 aromatic heterocycles. The molecule has 7 heteroatoms. The summed E-state index contributed by atoms with van der Waals surface area (Å²) in [5.41, 5.74) is 0.330. The van der Waals surface area contributed by atoms with Crippen LogP contribution in [0.3, 0.4) is 0 Å². The molecule has 38 heavy (non-hydrogen) atoms. The number of hydrogen-bond donors (Lipinski definition) is 1. The summed E-state index contributed by atoms with van der Waals surface area (Å²) in [5.74, 6) is -0.431. The molecule has 3 fully saturated rings. The van der Waals surface area contributed by atoms with E-state index in [0.29, 0.717) is 24.1 Å². The lowest BCUT2D eigenvalue weighted by Crippen LogP contribution is -2.54. The number of piperidine rings is 2. The van der Waals surface area contributed by atoms with Gasteiger partial charge in [-0.05, 0) is 92.2 Å². The topological polar surface area (TPSA) is 49.8 Å². The molecule has 2 aromatic carbocycles. The highest BCUT2D eigenvalue weighted by Crippen LogP contribution is 2.46. The number of hydrogen-bond acceptors (Lipinski definition) is 3. The zero-order valence-electron chi connectivity index (χ0n) is 22.5. The van der Waals surface area contributed by atoms with Crippen molar-refractivity contribution in [2.75, 3.05) is 0 Å². The Bertz CT molecular complexity index is 1130. The van der Waals surface area contributed by atoms with Crippen molar-refractivity contribution in [2.24, 2.45) is 11.8 Å². The Balaban J connectivity index is 1.44. The van der Waals surface area contributed by atoms with Gasteiger partial charge in [0.2, 0.25) is 0 Å². The van der Waals surface area contributed by atoms with E-state index in [-0.39, 0.29) is 41.3 Å². The fraction of sp³-hybridized carbons (Fsp3) is 0.645. The summed E-state index contributed by atoms with van der Waals surface area (Å²) in [6.07, 6.45) is 5.19. The van der Waals surface area contributed by atoms with E-state index in [4.69, 9.17) is 4.74 Å². The lowest BCUT2D eigenvalue weighted by atomic mass is 9.76. The molecule has 2 aromatic rings. The van der Waals surface area contributed by atoms with Crippen molar-refractivity contribution in [3.8, 4) is 5.75 Å².